The van der Waals surface area contributed by atoms with Gasteiger partial charge in [0.1, 0.15) is 5.82 Å². The van der Waals surface area contributed by atoms with E-state index in [1.54, 1.807) is 35.3 Å². The Kier molecular flexibility index (Phi) is 6.34. The number of amides is 1. The predicted octanol–water partition coefficient (Wildman–Crippen LogP) is 5.44. The minimum Gasteiger partial charge on any atom is -0.273 e. The number of carbonyl (C=O) groups is 1. The topological polar surface area (TPSA) is 59.8 Å². The lowest BCUT2D eigenvalue weighted by Gasteiger charge is -2.14. The molecule has 1 N–H and O–H groups in total. The van der Waals surface area contributed by atoms with E-state index in [0.717, 1.165) is 16.7 Å². The molecule has 4 aromatic rings. The van der Waals surface area contributed by atoms with Crippen molar-refractivity contribution >= 4 is 29.3 Å². The van der Waals surface area contributed by atoms with Gasteiger partial charge in [0.15, 0.2) is 5.16 Å². The molecule has 5 nitrogen and oxygen atoms in total. The molecule has 4 rings (SSSR count). The van der Waals surface area contributed by atoms with Crippen molar-refractivity contribution < 1.29 is 9.18 Å². The number of benzene rings is 2. The standard InChI is InChI=1S/C23H18ClFN4OS/c1-31-23-27-21(15-6-8-18(25)9-7-15)22(16-10-12-26-13-11-16)29(23)28-20(30)14-17-4-2-3-5-19(17)24/h2-13H,14H2,1H3,(H,28,30). The number of imidazole rings is 1. The molecule has 0 aliphatic carbocycles. The Balaban J connectivity index is 1.78. The zero-order valence-electron chi connectivity index (χ0n) is 16.5. The number of hydrogen-bond acceptors (Lipinski definition) is 4. The van der Waals surface area contributed by atoms with Crippen molar-refractivity contribution in [3.63, 3.8) is 0 Å². The van der Waals surface area contributed by atoms with Crippen molar-refractivity contribution in [1.82, 2.24) is 14.6 Å². The Labute approximate surface area is 188 Å². The van der Waals surface area contributed by atoms with Crippen LogP contribution in [-0.2, 0) is 11.2 Å². The molecule has 0 saturated carbocycles. The summed E-state index contributed by atoms with van der Waals surface area (Å²) in [7, 11) is 0. The SMILES string of the molecule is CSc1nc(-c2ccc(F)cc2)c(-c2ccncc2)n1NC(=O)Cc1ccccc1Cl. The molecular weight excluding hydrogens is 435 g/mol. The van der Waals surface area contributed by atoms with Gasteiger partial charge in [-0.05, 0) is 54.3 Å². The monoisotopic (exact) mass is 452 g/mol. The summed E-state index contributed by atoms with van der Waals surface area (Å²) in [6.07, 6.45) is 5.34. The molecule has 0 aliphatic rings. The Morgan fingerprint density at radius 3 is 2.45 bits per heavy atom. The first-order valence-corrected chi connectivity index (χ1v) is 11.0. The van der Waals surface area contributed by atoms with Crippen LogP contribution in [0.15, 0.2) is 78.2 Å². The van der Waals surface area contributed by atoms with Gasteiger partial charge in [-0.25, -0.2) is 14.1 Å². The molecule has 0 spiro atoms. The maximum atomic E-state index is 13.5. The summed E-state index contributed by atoms with van der Waals surface area (Å²) in [6.45, 7) is 0. The lowest BCUT2D eigenvalue weighted by molar-refractivity contribution is -0.116. The van der Waals surface area contributed by atoms with E-state index in [0.29, 0.717) is 21.6 Å². The van der Waals surface area contributed by atoms with Gasteiger partial charge in [-0.2, -0.15) is 0 Å². The Morgan fingerprint density at radius 2 is 1.77 bits per heavy atom. The number of aromatic nitrogens is 3. The molecule has 2 heterocycles. The molecule has 0 aliphatic heterocycles. The van der Waals surface area contributed by atoms with Crippen molar-refractivity contribution in [2.24, 2.45) is 0 Å². The molecule has 1 amide bonds. The molecule has 156 valence electrons. The summed E-state index contributed by atoms with van der Waals surface area (Å²) < 4.78 is 15.1. The van der Waals surface area contributed by atoms with Gasteiger partial charge < -0.3 is 0 Å². The molecule has 0 bridgehead atoms. The molecular formula is C23H18ClFN4OS. The van der Waals surface area contributed by atoms with Crippen LogP contribution < -0.4 is 5.43 Å². The quantitative estimate of drug-likeness (QED) is 0.396. The normalized spacial score (nSPS) is 10.8. The first kappa shape index (κ1) is 21.1. The number of hydrogen-bond donors (Lipinski definition) is 1. The van der Waals surface area contributed by atoms with Gasteiger partial charge >= 0.3 is 0 Å². The van der Waals surface area contributed by atoms with E-state index in [4.69, 9.17) is 16.6 Å². The molecule has 0 radical (unpaired) electrons. The third-order valence-corrected chi connectivity index (χ3v) is 5.65. The minimum absolute atomic E-state index is 0.118. The van der Waals surface area contributed by atoms with Crippen molar-refractivity contribution in [2.45, 2.75) is 11.6 Å². The van der Waals surface area contributed by atoms with Crippen molar-refractivity contribution in [2.75, 3.05) is 11.7 Å². The van der Waals surface area contributed by atoms with Gasteiger partial charge in [-0.1, -0.05) is 41.6 Å². The van der Waals surface area contributed by atoms with Gasteiger partial charge in [0, 0.05) is 28.5 Å². The van der Waals surface area contributed by atoms with E-state index in [-0.39, 0.29) is 18.1 Å². The van der Waals surface area contributed by atoms with Crippen LogP contribution in [0.25, 0.3) is 22.5 Å². The van der Waals surface area contributed by atoms with E-state index < -0.39 is 0 Å². The van der Waals surface area contributed by atoms with Crippen LogP contribution >= 0.6 is 23.4 Å². The summed E-state index contributed by atoms with van der Waals surface area (Å²) in [5.74, 6) is -0.562. The smallest absolute Gasteiger partial charge is 0.243 e. The fourth-order valence-electron chi connectivity index (χ4n) is 3.20. The second-order valence-corrected chi connectivity index (χ2v) is 7.86. The van der Waals surface area contributed by atoms with Crippen molar-refractivity contribution in [3.05, 3.63) is 89.5 Å². The van der Waals surface area contributed by atoms with Crippen LogP contribution in [0.4, 0.5) is 4.39 Å². The first-order chi connectivity index (χ1) is 15.1. The summed E-state index contributed by atoms with van der Waals surface area (Å²) in [5.41, 5.74) is 6.56. The van der Waals surface area contributed by atoms with Gasteiger partial charge in [-0.3, -0.25) is 15.2 Å². The zero-order chi connectivity index (χ0) is 21.8. The highest BCUT2D eigenvalue weighted by Crippen LogP contribution is 2.34. The highest BCUT2D eigenvalue weighted by atomic mass is 35.5. The fraction of sp³-hybridized carbons (Fsp3) is 0.0870. The molecule has 0 fully saturated rings. The van der Waals surface area contributed by atoms with Gasteiger partial charge in [0.25, 0.3) is 0 Å². The van der Waals surface area contributed by atoms with Crippen LogP contribution in [-0.4, -0.2) is 26.8 Å². The zero-order valence-corrected chi connectivity index (χ0v) is 18.1. The van der Waals surface area contributed by atoms with Gasteiger partial charge in [0.05, 0.1) is 17.8 Å². The Bertz CT molecular complexity index is 1210. The highest BCUT2D eigenvalue weighted by Gasteiger charge is 2.21. The fourth-order valence-corrected chi connectivity index (χ4v) is 3.91. The third kappa shape index (κ3) is 4.62. The number of halogens is 2. The van der Waals surface area contributed by atoms with E-state index >= 15 is 0 Å². The largest absolute Gasteiger partial charge is 0.273 e. The van der Waals surface area contributed by atoms with Gasteiger partial charge in [0.2, 0.25) is 5.91 Å². The lowest BCUT2D eigenvalue weighted by atomic mass is 10.1. The predicted molar refractivity (Wildman–Crippen MR) is 122 cm³/mol. The average molecular weight is 453 g/mol. The molecule has 0 atom stereocenters. The number of pyridine rings is 1. The maximum absolute atomic E-state index is 13.5. The Morgan fingerprint density at radius 1 is 1.06 bits per heavy atom. The summed E-state index contributed by atoms with van der Waals surface area (Å²) in [6, 6.07) is 17.0. The second-order valence-electron chi connectivity index (χ2n) is 6.68. The van der Waals surface area contributed by atoms with Crippen LogP contribution in [0.1, 0.15) is 5.56 Å². The number of nitrogens with zero attached hydrogens (tertiary/aromatic N) is 3. The van der Waals surface area contributed by atoms with Crippen LogP contribution in [0.3, 0.4) is 0 Å². The van der Waals surface area contributed by atoms with Crippen LogP contribution in [0.5, 0.6) is 0 Å². The third-order valence-electron chi connectivity index (χ3n) is 4.65. The van der Waals surface area contributed by atoms with Crippen LogP contribution in [0, 0.1) is 5.82 Å². The summed E-state index contributed by atoms with van der Waals surface area (Å²) >= 11 is 7.61. The van der Waals surface area contributed by atoms with E-state index in [1.165, 1.54) is 23.9 Å². The number of rotatable bonds is 6. The first-order valence-electron chi connectivity index (χ1n) is 9.43. The second kappa shape index (κ2) is 9.32. The summed E-state index contributed by atoms with van der Waals surface area (Å²) in [5, 5.41) is 1.13. The Hall–Kier alpha value is -3.16. The van der Waals surface area contributed by atoms with Crippen LogP contribution in [0.2, 0.25) is 5.02 Å². The number of carbonyl (C=O) groups excluding carboxylic acids is 1. The van der Waals surface area contributed by atoms with E-state index in [2.05, 4.69) is 10.4 Å². The molecule has 0 unspecified atom stereocenters. The molecule has 31 heavy (non-hydrogen) atoms. The minimum atomic E-state index is -0.327. The molecule has 0 saturated heterocycles. The average Bonchev–Trinajstić information content (AvgIpc) is 3.14. The van der Waals surface area contributed by atoms with Crippen molar-refractivity contribution in [1.29, 1.82) is 0 Å². The lowest BCUT2D eigenvalue weighted by Crippen LogP contribution is -2.26. The molecule has 8 heteroatoms. The van der Waals surface area contributed by atoms with Crippen molar-refractivity contribution in [3.8, 4) is 22.5 Å². The van der Waals surface area contributed by atoms with E-state index in [1.807, 2.05) is 36.6 Å². The van der Waals surface area contributed by atoms with Gasteiger partial charge in [-0.15, -0.1) is 0 Å². The number of thioether (sulfide) groups is 1. The number of nitrogens with one attached hydrogen (secondary N) is 1. The molecule has 2 aromatic carbocycles. The highest BCUT2D eigenvalue weighted by molar-refractivity contribution is 7.98. The summed E-state index contributed by atoms with van der Waals surface area (Å²) in [4.78, 5) is 21.7. The maximum Gasteiger partial charge on any atom is 0.243 e. The van der Waals surface area contributed by atoms with E-state index in [9.17, 15) is 9.18 Å². The molecule has 2 aromatic heterocycles.